The molecule has 0 aliphatic rings. The lowest BCUT2D eigenvalue weighted by atomic mass is 10.3. The molecule has 1 heterocycles. The molecule has 1 aromatic rings. The van der Waals surface area contributed by atoms with Gasteiger partial charge in [0.25, 0.3) is 0 Å². The highest BCUT2D eigenvalue weighted by Crippen LogP contribution is 2.19. The van der Waals surface area contributed by atoms with Gasteiger partial charge in [0.2, 0.25) is 0 Å². The minimum atomic E-state index is -1.02. The second kappa shape index (κ2) is 4.51. The standard InChI is InChI=1S/C9H16N2OS2/c1-7(8-5-10-6-13-8)11-14(12)9(2,3)4/h5-7,11H,1-4H3/t7-,14+/m0/s1. The Hall–Kier alpha value is -0.260. The number of hydrogen-bond donors (Lipinski definition) is 1. The zero-order valence-corrected chi connectivity index (χ0v) is 10.5. The Morgan fingerprint density at radius 1 is 1.57 bits per heavy atom. The maximum absolute atomic E-state index is 11.8. The van der Waals surface area contributed by atoms with Gasteiger partial charge in [-0.15, -0.1) is 11.3 Å². The van der Waals surface area contributed by atoms with Crippen molar-refractivity contribution in [1.82, 2.24) is 9.71 Å². The van der Waals surface area contributed by atoms with E-state index in [1.807, 2.05) is 33.9 Å². The van der Waals surface area contributed by atoms with Crippen LogP contribution in [0.5, 0.6) is 0 Å². The van der Waals surface area contributed by atoms with Crippen LogP contribution >= 0.6 is 11.3 Å². The first-order valence-electron chi connectivity index (χ1n) is 4.47. The number of rotatable bonds is 3. The fraction of sp³-hybridized carbons (Fsp3) is 0.667. The summed E-state index contributed by atoms with van der Waals surface area (Å²) in [6.07, 6.45) is 1.81. The Kier molecular flexibility index (Phi) is 3.80. The van der Waals surface area contributed by atoms with E-state index < -0.39 is 11.0 Å². The summed E-state index contributed by atoms with van der Waals surface area (Å²) in [6.45, 7) is 7.86. The minimum absolute atomic E-state index is 0.0996. The molecule has 0 amide bonds. The molecule has 3 nitrogen and oxygen atoms in total. The largest absolute Gasteiger partial charge is 0.253 e. The normalized spacial score (nSPS) is 16.6. The van der Waals surface area contributed by atoms with Crippen molar-refractivity contribution in [1.29, 1.82) is 0 Å². The average Bonchev–Trinajstić information content (AvgIpc) is 2.53. The van der Waals surface area contributed by atoms with Gasteiger partial charge in [-0.3, -0.25) is 4.98 Å². The molecule has 80 valence electrons. The van der Waals surface area contributed by atoms with Crippen LogP contribution < -0.4 is 4.72 Å². The molecule has 0 unspecified atom stereocenters. The molecule has 0 saturated carbocycles. The van der Waals surface area contributed by atoms with E-state index in [1.165, 1.54) is 0 Å². The molecule has 0 aromatic carbocycles. The maximum atomic E-state index is 11.8. The van der Waals surface area contributed by atoms with Crippen molar-refractivity contribution in [3.05, 3.63) is 16.6 Å². The Bertz CT molecular complexity index is 303. The van der Waals surface area contributed by atoms with Crippen molar-refractivity contribution >= 4 is 22.3 Å². The lowest BCUT2D eigenvalue weighted by Crippen LogP contribution is -2.34. The summed E-state index contributed by atoms with van der Waals surface area (Å²) in [6, 6.07) is 0.0996. The van der Waals surface area contributed by atoms with Gasteiger partial charge in [0.05, 0.1) is 27.3 Å². The molecule has 0 saturated heterocycles. The quantitative estimate of drug-likeness (QED) is 0.868. The first-order valence-corrected chi connectivity index (χ1v) is 6.50. The Morgan fingerprint density at radius 2 is 2.21 bits per heavy atom. The fourth-order valence-corrected chi connectivity index (χ4v) is 2.34. The second-order valence-electron chi connectivity index (χ2n) is 4.12. The molecule has 5 heteroatoms. The first-order chi connectivity index (χ1) is 6.41. The number of hydrogen-bond acceptors (Lipinski definition) is 3. The monoisotopic (exact) mass is 232 g/mol. The smallest absolute Gasteiger partial charge is 0.0976 e. The van der Waals surface area contributed by atoms with Crippen molar-refractivity contribution < 1.29 is 4.21 Å². The van der Waals surface area contributed by atoms with E-state index in [1.54, 1.807) is 16.8 Å². The molecule has 0 bridgehead atoms. The van der Waals surface area contributed by atoms with Gasteiger partial charge in [-0.05, 0) is 27.7 Å². The summed E-state index contributed by atoms with van der Waals surface area (Å²) >= 11 is 1.58. The number of aromatic nitrogens is 1. The molecule has 14 heavy (non-hydrogen) atoms. The predicted molar refractivity (Wildman–Crippen MR) is 61.6 cm³/mol. The molecule has 2 atom stereocenters. The highest BCUT2D eigenvalue weighted by Gasteiger charge is 2.21. The van der Waals surface area contributed by atoms with Crippen molar-refractivity contribution in [2.24, 2.45) is 0 Å². The number of nitrogens with one attached hydrogen (secondary N) is 1. The van der Waals surface area contributed by atoms with Crippen LogP contribution in [0.25, 0.3) is 0 Å². The zero-order valence-electron chi connectivity index (χ0n) is 8.90. The van der Waals surface area contributed by atoms with E-state index in [0.29, 0.717) is 0 Å². The van der Waals surface area contributed by atoms with Crippen LogP contribution in [-0.4, -0.2) is 13.9 Å². The van der Waals surface area contributed by atoms with E-state index in [9.17, 15) is 4.21 Å². The summed E-state index contributed by atoms with van der Waals surface area (Å²) in [5.41, 5.74) is 1.79. The third-order valence-electron chi connectivity index (χ3n) is 1.72. The fourth-order valence-electron chi connectivity index (χ4n) is 0.835. The first kappa shape index (κ1) is 11.8. The highest BCUT2D eigenvalue weighted by molar-refractivity contribution is 7.84. The van der Waals surface area contributed by atoms with E-state index in [0.717, 1.165) is 4.88 Å². The van der Waals surface area contributed by atoms with E-state index in [-0.39, 0.29) is 10.8 Å². The van der Waals surface area contributed by atoms with Gasteiger partial charge in [0.15, 0.2) is 0 Å². The van der Waals surface area contributed by atoms with Gasteiger partial charge in [0.1, 0.15) is 0 Å². The zero-order chi connectivity index (χ0) is 10.8. The van der Waals surface area contributed by atoms with Crippen molar-refractivity contribution in [3.8, 4) is 0 Å². The molecule has 0 spiro atoms. The second-order valence-corrected chi connectivity index (χ2v) is 7.04. The third kappa shape index (κ3) is 3.15. The van der Waals surface area contributed by atoms with Crippen LogP contribution in [0.4, 0.5) is 0 Å². The van der Waals surface area contributed by atoms with E-state index >= 15 is 0 Å². The molecule has 1 aromatic heterocycles. The molecule has 0 radical (unpaired) electrons. The SMILES string of the molecule is C[C@H](N[S@](=O)C(C)(C)C)c1cncs1. The molecular formula is C9H16N2OS2. The maximum Gasteiger partial charge on any atom is 0.0976 e. The van der Waals surface area contributed by atoms with Crippen LogP contribution in [0.1, 0.15) is 38.6 Å². The summed E-state index contributed by atoms with van der Waals surface area (Å²) in [5.74, 6) is 0. The summed E-state index contributed by atoms with van der Waals surface area (Å²) in [7, 11) is -1.02. The van der Waals surface area contributed by atoms with Crippen molar-refractivity contribution in [2.45, 2.75) is 38.5 Å². The molecule has 0 aliphatic heterocycles. The number of nitrogens with zero attached hydrogens (tertiary/aromatic N) is 1. The molecule has 0 fully saturated rings. The van der Waals surface area contributed by atoms with Gasteiger partial charge in [-0.1, -0.05) is 0 Å². The molecular weight excluding hydrogens is 216 g/mol. The van der Waals surface area contributed by atoms with Crippen LogP contribution in [0, 0.1) is 0 Å². The predicted octanol–water partition coefficient (Wildman–Crippen LogP) is 2.26. The summed E-state index contributed by atoms with van der Waals surface area (Å²) < 4.78 is 14.6. The lowest BCUT2D eigenvalue weighted by molar-refractivity contribution is 0.618. The summed E-state index contributed by atoms with van der Waals surface area (Å²) in [5, 5.41) is 0. The summed E-state index contributed by atoms with van der Waals surface area (Å²) in [4.78, 5) is 5.11. The van der Waals surface area contributed by atoms with Crippen molar-refractivity contribution in [2.75, 3.05) is 0 Å². The Balaban J connectivity index is 2.58. The topological polar surface area (TPSA) is 42.0 Å². The van der Waals surface area contributed by atoms with Gasteiger partial charge < -0.3 is 0 Å². The van der Waals surface area contributed by atoms with E-state index in [2.05, 4.69) is 9.71 Å². The highest BCUT2D eigenvalue weighted by atomic mass is 32.2. The average molecular weight is 232 g/mol. The van der Waals surface area contributed by atoms with E-state index in [4.69, 9.17) is 0 Å². The van der Waals surface area contributed by atoms with Gasteiger partial charge in [0, 0.05) is 11.1 Å². The van der Waals surface area contributed by atoms with Crippen LogP contribution in [0.3, 0.4) is 0 Å². The van der Waals surface area contributed by atoms with Gasteiger partial charge in [-0.25, -0.2) is 8.93 Å². The van der Waals surface area contributed by atoms with Crippen LogP contribution in [0.15, 0.2) is 11.7 Å². The Labute approximate surface area is 91.5 Å². The molecule has 0 aliphatic carbocycles. The third-order valence-corrected chi connectivity index (χ3v) is 4.36. The van der Waals surface area contributed by atoms with Gasteiger partial charge >= 0.3 is 0 Å². The molecule has 1 rings (SSSR count). The minimum Gasteiger partial charge on any atom is -0.253 e. The number of thiazole rings is 1. The Morgan fingerprint density at radius 3 is 2.64 bits per heavy atom. The molecule has 1 N–H and O–H groups in total. The lowest BCUT2D eigenvalue weighted by Gasteiger charge is -2.21. The van der Waals surface area contributed by atoms with Gasteiger partial charge in [-0.2, -0.15) is 0 Å². The van der Waals surface area contributed by atoms with Crippen molar-refractivity contribution in [3.63, 3.8) is 0 Å². The van der Waals surface area contributed by atoms with Crippen LogP contribution in [0.2, 0.25) is 0 Å². The van der Waals surface area contributed by atoms with Crippen LogP contribution in [-0.2, 0) is 11.0 Å².